The zero-order valence-corrected chi connectivity index (χ0v) is 12.9. The third-order valence-corrected chi connectivity index (χ3v) is 3.69. The summed E-state index contributed by atoms with van der Waals surface area (Å²) < 4.78 is 14.1. The molecule has 4 heteroatoms. The summed E-state index contributed by atoms with van der Waals surface area (Å²) in [7, 11) is 0. The van der Waals surface area contributed by atoms with Gasteiger partial charge in [0, 0.05) is 16.7 Å². The molecular weight excluding hydrogens is 321 g/mol. The second-order valence-electron chi connectivity index (χ2n) is 4.51. The molecule has 0 fully saturated rings. The number of amides is 1. The Morgan fingerprint density at radius 3 is 2.60 bits per heavy atom. The minimum Gasteiger partial charge on any atom is -0.309 e. The molecule has 20 heavy (non-hydrogen) atoms. The Kier molecular flexibility index (Phi) is 4.55. The highest BCUT2D eigenvalue weighted by Gasteiger charge is 2.18. The second kappa shape index (κ2) is 6.18. The molecule has 2 aromatic carbocycles. The molecule has 0 saturated carbocycles. The van der Waals surface area contributed by atoms with Crippen LogP contribution in [0, 0.1) is 12.7 Å². The van der Waals surface area contributed by atoms with Gasteiger partial charge in [-0.2, -0.15) is 0 Å². The van der Waals surface area contributed by atoms with E-state index in [1.807, 2.05) is 26.0 Å². The lowest BCUT2D eigenvalue weighted by Crippen LogP contribution is -2.31. The number of rotatable bonds is 3. The molecule has 2 aromatic rings. The van der Waals surface area contributed by atoms with Gasteiger partial charge in [0.25, 0.3) is 5.91 Å². The smallest absolute Gasteiger partial charge is 0.259 e. The predicted octanol–water partition coefficient (Wildman–Crippen LogP) is 4.56. The van der Waals surface area contributed by atoms with Crippen LogP contribution in [-0.2, 0) is 0 Å². The third-order valence-electron chi connectivity index (χ3n) is 3.04. The Morgan fingerprint density at radius 1 is 1.25 bits per heavy atom. The van der Waals surface area contributed by atoms with Crippen molar-refractivity contribution in [2.75, 3.05) is 11.4 Å². The van der Waals surface area contributed by atoms with Crippen LogP contribution in [0.2, 0.25) is 0 Å². The molecule has 0 unspecified atom stereocenters. The molecule has 0 bridgehead atoms. The van der Waals surface area contributed by atoms with E-state index < -0.39 is 0 Å². The van der Waals surface area contributed by atoms with E-state index in [9.17, 15) is 9.18 Å². The molecule has 0 aliphatic carbocycles. The Labute approximate surface area is 126 Å². The lowest BCUT2D eigenvalue weighted by atomic mass is 10.1. The highest BCUT2D eigenvalue weighted by atomic mass is 79.9. The topological polar surface area (TPSA) is 20.3 Å². The maximum absolute atomic E-state index is 13.3. The molecule has 0 aliphatic heterocycles. The molecule has 104 valence electrons. The minimum atomic E-state index is -0.350. The van der Waals surface area contributed by atoms with E-state index in [0.717, 1.165) is 10.0 Å². The van der Waals surface area contributed by atoms with Crippen molar-refractivity contribution in [3.8, 4) is 0 Å². The number of hydrogen-bond acceptors (Lipinski definition) is 1. The fraction of sp³-hybridized carbons (Fsp3) is 0.188. The van der Waals surface area contributed by atoms with Gasteiger partial charge in [0.2, 0.25) is 0 Å². The summed E-state index contributed by atoms with van der Waals surface area (Å²) in [6.07, 6.45) is 0. The van der Waals surface area contributed by atoms with Crippen molar-refractivity contribution in [3.05, 3.63) is 63.9 Å². The number of aryl methyl sites for hydroxylation is 1. The molecule has 0 heterocycles. The van der Waals surface area contributed by atoms with Gasteiger partial charge in [-0.1, -0.05) is 12.1 Å². The first-order valence-corrected chi connectivity index (χ1v) is 7.16. The molecular formula is C16H15BrFNO. The van der Waals surface area contributed by atoms with E-state index in [1.54, 1.807) is 23.1 Å². The van der Waals surface area contributed by atoms with Gasteiger partial charge in [-0.15, -0.1) is 0 Å². The van der Waals surface area contributed by atoms with Gasteiger partial charge in [0.1, 0.15) is 5.82 Å². The number of hydrogen-bond donors (Lipinski definition) is 0. The van der Waals surface area contributed by atoms with Gasteiger partial charge in [-0.25, -0.2) is 4.39 Å². The summed E-state index contributed by atoms with van der Waals surface area (Å²) in [5, 5.41) is 0. The van der Waals surface area contributed by atoms with Crippen LogP contribution in [0.5, 0.6) is 0 Å². The Balaban J connectivity index is 2.39. The Hall–Kier alpha value is -1.68. The summed E-state index contributed by atoms with van der Waals surface area (Å²) in [5.41, 5.74) is 2.20. The molecule has 2 nitrogen and oxygen atoms in total. The average molecular weight is 336 g/mol. The van der Waals surface area contributed by atoms with Crippen molar-refractivity contribution in [1.29, 1.82) is 0 Å². The van der Waals surface area contributed by atoms with E-state index >= 15 is 0 Å². The maximum Gasteiger partial charge on any atom is 0.259 e. The van der Waals surface area contributed by atoms with E-state index in [1.165, 1.54) is 12.1 Å². The SMILES string of the molecule is CCN(C(=O)c1ccc(C)cc1Br)c1cccc(F)c1. The Bertz CT molecular complexity index is 642. The van der Waals surface area contributed by atoms with Gasteiger partial charge < -0.3 is 4.90 Å². The van der Waals surface area contributed by atoms with Crippen LogP contribution in [0.4, 0.5) is 10.1 Å². The number of carbonyl (C=O) groups excluding carboxylic acids is 1. The first-order valence-electron chi connectivity index (χ1n) is 6.36. The second-order valence-corrected chi connectivity index (χ2v) is 5.37. The molecule has 0 atom stereocenters. The largest absolute Gasteiger partial charge is 0.309 e. The van der Waals surface area contributed by atoms with E-state index in [0.29, 0.717) is 17.8 Å². The summed E-state index contributed by atoms with van der Waals surface area (Å²) in [5.74, 6) is -0.498. The molecule has 1 amide bonds. The highest BCUT2D eigenvalue weighted by molar-refractivity contribution is 9.10. The molecule has 0 saturated heterocycles. The van der Waals surface area contributed by atoms with Gasteiger partial charge in [-0.05, 0) is 65.7 Å². The summed E-state index contributed by atoms with van der Waals surface area (Å²) in [6, 6.07) is 11.6. The fourth-order valence-electron chi connectivity index (χ4n) is 2.03. The van der Waals surface area contributed by atoms with Crippen LogP contribution in [0.3, 0.4) is 0 Å². The van der Waals surface area contributed by atoms with Crippen molar-refractivity contribution in [2.24, 2.45) is 0 Å². The molecule has 0 aromatic heterocycles. The predicted molar refractivity (Wildman–Crippen MR) is 82.6 cm³/mol. The van der Waals surface area contributed by atoms with Crippen LogP contribution >= 0.6 is 15.9 Å². The van der Waals surface area contributed by atoms with Crippen LogP contribution in [0.25, 0.3) is 0 Å². The number of benzene rings is 2. The van der Waals surface area contributed by atoms with Crippen molar-refractivity contribution in [2.45, 2.75) is 13.8 Å². The number of halogens is 2. The quantitative estimate of drug-likeness (QED) is 0.804. The van der Waals surface area contributed by atoms with Gasteiger partial charge >= 0.3 is 0 Å². The van der Waals surface area contributed by atoms with Crippen molar-refractivity contribution >= 4 is 27.5 Å². The summed E-state index contributed by atoms with van der Waals surface area (Å²) in [6.45, 7) is 4.30. The molecule has 0 spiro atoms. The highest BCUT2D eigenvalue weighted by Crippen LogP contribution is 2.23. The van der Waals surface area contributed by atoms with E-state index in [2.05, 4.69) is 15.9 Å². The zero-order valence-electron chi connectivity index (χ0n) is 11.4. The normalized spacial score (nSPS) is 10.4. The van der Waals surface area contributed by atoms with Crippen molar-refractivity contribution < 1.29 is 9.18 Å². The first-order chi connectivity index (χ1) is 9.52. The summed E-state index contributed by atoms with van der Waals surface area (Å²) in [4.78, 5) is 14.1. The van der Waals surface area contributed by atoms with Gasteiger partial charge in [0.05, 0.1) is 5.56 Å². The van der Waals surface area contributed by atoms with Crippen molar-refractivity contribution in [3.63, 3.8) is 0 Å². The van der Waals surface area contributed by atoms with Crippen LogP contribution in [0.1, 0.15) is 22.8 Å². The lowest BCUT2D eigenvalue weighted by Gasteiger charge is -2.22. The van der Waals surface area contributed by atoms with E-state index in [-0.39, 0.29) is 11.7 Å². The average Bonchev–Trinajstić information content (AvgIpc) is 2.39. The van der Waals surface area contributed by atoms with Gasteiger partial charge in [0.15, 0.2) is 0 Å². The Morgan fingerprint density at radius 2 is 2.00 bits per heavy atom. The molecule has 0 aliphatic rings. The summed E-state index contributed by atoms with van der Waals surface area (Å²) >= 11 is 3.41. The molecule has 2 rings (SSSR count). The molecule has 0 radical (unpaired) electrons. The monoisotopic (exact) mass is 335 g/mol. The minimum absolute atomic E-state index is 0.148. The number of nitrogens with zero attached hydrogens (tertiary/aromatic N) is 1. The lowest BCUT2D eigenvalue weighted by molar-refractivity contribution is 0.0987. The number of carbonyl (C=O) groups is 1. The first kappa shape index (κ1) is 14.7. The number of anilines is 1. The van der Waals surface area contributed by atoms with Crippen LogP contribution in [0.15, 0.2) is 46.9 Å². The standard InChI is InChI=1S/C16H15BrFNO/c1-3-19(13-6-4-5-12(18)10-13)16(20)14-8-7-11(2)9-15(14)17/h4-10H,3H2,1-2H3. The van der Waals surface area contributed by atoms with E-state index in [4.69, 9.17) is 0 Å². The zero-order chi connectivity index (χ0) is 14.7. The van der Waals surface area contributed by atoms with Gasteiger partial charge in [-0.3, -0.25) is 4.79 Å². The molecule has 0 N–H and O–H groups in total. The van der Waals surface area contributed by atoms with Crippen LogP contribution < -0.4 is 4.90 Å². The third kappa shape index (κ3) is 3.07. The van der Waals surface area contributed by atoms with Crippen molar-refractivity contribution in [1.82, 2.24) is 0 Å². The van der Waals surface area contributed by atoms with Crippen LogP contribution in [-0.4, -0.2) is 12.5 Å². The fourth-order valence-corrected chi connectivity index (χ4v) is 2.69. The maximum atomic E-state index is 13.3.